The van der Waals surface area contributed by atoms with Gasteiger partial charge in [0.15, 0.2) is 17.7 Å². The van der Waals surface area contributed by atoms with E-state index in [4.69, 9.17) is 29.4 Å². The molecule has 0 aliphatic carbocycles. The summed E-state index contributed by atoms with van der Waals surface area (Å²) >= 11 is 0.250. The number of carbonyl (C=O) groups excluding carboxylic acids is 4. The fourth-order valence-electron chi connectivity index (χ4n) is 10.1. The first-order valence-corrected chi connectivity index (χ1v) is 26.1. The van der Waals surface area contributed by atoms with Crippen LogP contribution in [0.4, 0.5) is 14.4 Å². The van der Waals surface area contributed by atoms with Gasteiger partial charge in [0.05, 0.1) is 36.6 Å². The van der Waals surface area contributed by atoms with Crippen LogP contribution in [0, 0.1) is 17.8 Å². The highest BCUT2D eigenvalue weighted by atomic mass is 32.2. The van der Waals surface area contributed by atoms with Gasteiger partial charge in [0, 0.05) is 79.9 Å². The number of cyclic esters (lactones) is 1. The Kier molecular flexibility index (Phi) is 22.1. The van der Waals surface area contributed by atoms with E-state index in [0.29, 0.717) is 63.1 Å². The number of Topliss-reactive ketones (excluding diaryl/α,β-unsaturated/α-hetero) is 1. The van der Waals surface area contributed by atoms with Crippen molar-refractivity contribution >= 4 is 41.6 Å². The number of nitrogens with zero attached hydrogens (tertiary/aromatic N) is 5. The van der Waals surface area contributed by atoms with E-state index in [1.807, 2.05) is 97.9 Å². The van der Waals surface area contributed by atoms with Gasteiger partial charge in [0.1, 0.15) is 23.8 Å². The summed E-state index contributed by atoms with van der Waals surface area (Å²) in [5.74, 6) is -3.67. The maximum atomic E-state index is 14.6. The van der Waals surface area contributed by atoms with Crippen LogP contribution < -0.4 is 21.7 Å². The number of nitrogen functional groups attached to an aromatic ring is 1. The second kappa shape index (κ2) is 26.3. The predicted molar refractivity (Wildman–Crippen MR) is 272 cm³/mol. The number of aryl methyl sites for hydroxylation is 1. The number of amides is 2. The molecule has 0 radical (unpaired) electrons. The van der Waals surface area contributed by atoms with Crippen LogP contribution in [-0.4, -0.2) is 173 Å². The number of nitrogens with two attached hydrogens (primary N) is 1. The molecule has 21 heteroatoms. The summed E-state index contributed by atoms with van der Waals surface area (Å²) in [5.41, 5.74) is 5.55. The molecule has 6 N–H and O–H groups in total. The molecule has 0 bridgehead atoms. The Morgan fingerprint density at radius 3 is 2.42 bits per heavy atom. The first-order valence-electron chi connectivity index (χ1n) is 24.9. The monoisotopic (exact) mass is 1020 g/mol. The molecule has 3 aliphatic rings. The summed E-state index contributed by atoms with van der Waals surface area (Å²) in [6, 6.07) is 6.17. The standard InChI is InChI=1S/C49H81N9O10.CH3FS/c1-14-38-49(10)42(58(46(63)68-49)21-16-15-20-57-28-36(54-55-57)33-18-17-19-34(50)22-33)32(5)51-25-29(2)24-48(9,64-13)43(30(3)40(60)31(4)44(62)66-38)67-45-41(61)37(56(11)12)23-35(65-45)26-52-39(59)27-53-47(6,7)8;1-3-2/h17-19,22,28-32,35,37-38,41-43,45,51,53,61H,14-16,20-21,23-27,50H2,1-13H3,(H,52,59);1H3/t29-,30+,31-,32-,35?,37?,38-,41?,42-,43-,45+,48-,49-;/m1./s1. The number of ether oxygens (including phenoxy) is 5. The molecule has 13 atom stereocenters. The largest absolute Gasteiger partial charge is 0.458 e. The van der Waals surface area contributed by atoms with E-state index in [2.05, 4.69) is 33.2 Å². The van der Waals surface area contributed by atoms with Gasteiger partial charge in [-0.05, 0) is 119 Å². The highest BCUT2D eigenvalue weighted by Crippen LogP contribution is 2.40. The number of aliphatic hydroxyl groups is 1. The molecule has 3 unspecified atom stereocenters. The van der Waals surface area contributed by atoms with Crippen molar-refractivity contribution in [2.45, 2.75) is 173 Å². The summed E-state index contributed by atoms with van der Waals surface area (Å²) < 4.78 is 44.0. The average Bonchev–Trinajstić information content (AvgIpc) is 3.89. The SMILES string of the molecule is CC[C@H]1OC(=O)[C@H](C)C(=O)[C@H](C)[C@@H](O[C@@H]2OC(CNC(=O)CNC(C)(C)C)CC(N(C)C)C2O)[C@](C)(OC)C[C@@H](C)CN[C@H](C)[C@H]2N(CCCCn3cc(-c4cccc(N)c4)nn3)C(=O)O[C@]12C.CSF. The molecule has 3 fully saturated rings. The molecular weight excluding hydrogens is 938 g/mol. The van der Waals surface area contributed by atoms with Crippen LogP contribution in [0.1, 0.15) is 101 Å². The number of unbranched alkanes of at least 4 members (excludes halogenated alkanes) is 1. The van der Waals surface area contributed by atoms with Crippen molar-refractivity contribution in [1.82, 2.24) is 40.7 Å². The molecule has 5 rings (SSSR count). The number of hydrogen-bond donors (Lipinski definition) is 5. The number of nitrogens with one attached hydrogen (secondary N) is 3. The lowest BCUT2D eigenvalue weighted by molar-refractivity contribution is -0.296. The number of benzene rings is 1. The number of halogens is 1. The Labute approximate surface area is 425 Å². The molecule has 402 valence electrons. The summed E-state index contributed by atoms with van der Waals surface area (Å²) in [5, 5.41) is 30.2. The minimum absolute atomic E-state index is 0.0766. The molecule has 2 amide bonds. The number of esters is 1. The maximum Gasteiger partial charge on any atom is 0.410 e. The third-order valence-corrected chi connectivity index (χ3v) is 14.0. The molecule has 3 saturated heterocycles. The van der Waals surface area contributed by atoms with E-state index < -0.39 is 83.7 Å². The van der Waals surface area contributed by atoms with Gasteiger partial charge in [-0.15, -0.1) is 5.10 Å². The average molecular weight is 1020 g/mol. The highest BCUT2D eigenvalue weighted by molar-refractivity contribution is 7.93. The zero-order valence-corrected chi connectivity index (χ0v) is 45.3. The fourth-order valence-corrected chi connectivity index (χ4v) is 10.1. The van der Waals surface area contributed by atoms with Crippen LogP contribution in [0.15, 0.2) is 30.5 Å². The molecule has 71 heavy (non-hydrogen) atoms. The second-order valence-corrected chi connectivity index (χ2v) is 21.5. The summed E-state index contributed by atoms with van der Waals surface area (Å²) in [7, 11) is 5.27. The first kappa shape index (κ1) is 59.6. The zero-order valence-electron chi connectivity index (χ0n) is 44.5. The van der Waals surface area contributed by atoms with Crippen molar-refractivity contribution in [3.63, 3.8) is 0 Å². The quantitative estimate of drug-likeness (QED) is 0.0683. The lowest BCUT2D eigenvalue weighted by atomic mass is 9.78. The van der Waals surface area contributed by atoms with Crippen LogP contribution in [0.5, 0.6) is 0 Å². The van der Waals surface area contributed by atoms with Crippen LogP contribution in [0.3, 0.4) is 0 Å². The molecule has 3 aliphatic heterocycles. The lowest BCUT2D eigenvalue weighted by Gasteiger charge is -2.47. The first-order chi connectivity index (χ1) is 33.3. The third-order valence-electron chi connectivity index (χ3n) is 14.0. The van der Waals surface area contributed by atoms with E-state index in [9.17, 15) is 28.2 Å². The Bertz CT molecular complexity index is 2050. The summed E-state index contributed by atoms with van der Waals surface area (Å²) in [6.45, 7) is 20.5. The number of methoxy groups -OCH3 is 1. The minimum atomic E-state index is -1.27. The maximum absolute atomic E-state index is 14.6. The predicted octanol–water partition coefficient (Wildman–Crippen LogP) is 5.00. The van der Waals surface area contributed by atoms with E-state index in [0.717, 1.165) is 5.56 Å². The van der Waals surface area contributed by atoms with Gasteiger partial charge in [-0.1, -0.05) is 38.1 Å². The molecular formula is C50H84FN9O10S. The van der Waals surface area contributed by atoms with Crippen LogP contribution in [0.25, 0.3) is 11.3 Å². The van der Waals surface area contributed by atoms with Gasteiger partial charge in [0.25, 0.3) is 0 Å². The molecule has 0 saturated carbocycles. The third kappa shape index (κ3) is 15.8. The Hall–Kier alpha value is -3.96. The number of fused-ring (bicyclic) bond motifs is 1. The van der Waals surface area contributed by atoms with Gasteiger partial charge in [-0.2, -0.15) is 3.89 Å². The molecule has 2 aromatic rings. The van der Waals surface area contributed by atoms with E-state index in [1.165, 1.54) is 13.2 Å². The molecule has 1 aromatic carbocycles. The molecule has 1 aromatic heterocycles. The number of rotatable bonds is 15. The smallest absolute Gasteiger partial charge is 0.410 e. The van der Waals surface area contributed by atoms with Crippen molar-refractivity contribution in [1.29, 1.82) is 0 Å². The highest BCUT2D eigenvalue weighted by Gasteiger charge is 2.59. The van der Waals surface area contributed by atoms with E-state index in [-0.39, 0.29) is 48.6 Å². The van der Waals surface area contributed by atoms with E-state index >= 15 is 0 Å². The normalized spacial score (nSPS) is 32.2. The number of carbonyl (C=O) groups is 4. The van der Waals surface area contributed by atoms with Gasteiger partial charge in [-0.3, -0.25) is 24.0 Å². The number of aliphatic hydroxyl groups excluding tert-OH is 1. The fraction of sp³-hybridized carbons (Fsp3) is 0.760. The van der Waals surface area contributed by atoms with Crippen molar-refractivity contribution in [2.24, 2.45) is 17.8 Å². The topological polar surface area (TPSA) is 234 Å². The second-order valence-electron chi connectivity index (χ2n) is 21.2. The minimum Gasteiger partial charge on any atom is -0.458 e. The Morgan fingerprint density at radius 2 is 1.80 bits per heavy atom. The van der Waals surface area contributed by atoms with Gasteiger partial charge < -0.3 is 55.4 Å². The molecule has 0 spiro atoms. The van der Waals surface area contributed by atoms with Crippen molar-refractivity contribution in [2.75, 3.05) is 59.4 Å². The van der Waals surface area contributed by atoms with Crippen LogP contribution >= 0.6 is 12.1 Å². The Morgan fingerprint density at radius 1 is 1.13 bits per heavy atom. The number of anilines is 1. The van der Waals surface area contributed by atoms with E-state index in [1.54, 1.807) is 23.6 Å². The zero-order chi connectivity index (χ0) is 53.0. The number of likely N-dealkylation sites (N-methyl/N-ethyl adjacent to an activating group) is 1. The van der Waals surface area contributed by atoms with Gasteiger partial charge in [-0.25, -0.2) is 4.79 Å². The van der Waals surface area contributed by atoms with Crippen LogP contribution in [-0.2, 0) is 44.6 Å². The summed E-state index contributed by atoms with van der Waals surface area (Å²) in [6.07, 6.45) is 0.406. The molecule has 4 heterocycles. The Balaban J connectivity index is 0.00000356. The number of hydrogen-bond acceptors (Lipinski definition) is 17. The van der Waals surface area contributed by atoms with Gasteiger partial charge >= 0.3 is 12.1 Å². The van der Waals surface area contributed by atoms with Gasteiger partial charge in [0.2, 0.25) is 5.91 Å². The van der Waals surface area contributed by atoms with Crippen LogP contribution in [0.2, 0.25) is 0 Å². The van der Waals surface area contributed by atoms with Crippen molar-refractivity contribution in [3.8, 4) is 11.3 Å². The molecule has 19 nitrogen and oxygen atoms in total. The summed E-state index contributed by atoms with van der Waals surface area (Å²) in [4.78, 5) is 59.2. The number of aromatic nitrogens is 3. The number of ketones is 1. The van der Waals surface area contributed by atoms with Crippen molar-refractivity contribution < 1.29 is 51.9 Å². The van der Waals surface area contributed by atoms with Crippen molar-refractivity contribution in [3.05, 3.63) is 30.5 Å². The lowest BCUT2D eigenvalue weighted by Crippen LogP contribution is -2.61.